The van der Waals surface area contributed by atoms with Crippen LogP contribution in [0.5, 0.6) is 0 Å². The zero-order chi connectivity index (χ0) is 17.5. The van der Waals surface area contributed by atoms with Crippen molar-refractivity contribution in [1.82, 2.24) is 4.98 Å². The number of carbonyl (C=O) groups is 1. The second kappa shape index (κ2) is 8.21. The van der Waals surface area contributed by atoms with Crippen molar-refractivity contribution >= 4 is 28.8 Å². The van der Waals surface area contributed by atoms with Gasteiger partial charge < -0.3 is 4.74 Å². The van der Waals surface area contributed by atoms with Gasteiger partial charge in [-0.3, -0.25) is 4.79 Å². The second-order valence-electron chi connectivity index (χ2n) is 5.28. The van der Waals surface area contributed by atoms with E-state index in [9.17, 15) is 4.79 Å². The minimum Gasteiger partial charge on any atom is -0.412 e. The molecular weight excluding hydrogens is 334 g/mol. The van der Waals surface area contributed by atoms with E-state index in [1.807, 2.05) is 67.6 Å². The van der Waals surface area contributed by atoms with Crippen LogP contribution in [0.15, 0.2) is 65.8 Å². The maximum absolute atomic E-state index is 10.7. The van der Waals surface area contributed by atoms with Gasteiger partial charge in [0.2, 0.25) is 11.0 Å². The van der Waals surface area contributed by atoms with Gasteiger partial charge in [-0.2, -0.15) is 0 Å². The average molecular weight is 351 g/mol. The summed E-state index contributed by atoms with van der Waals surface area (Å²) in [4.78, 5) is 16.4. The Hall–Kier alpha value is -2.99. The molecule has 0 aliphatic heterocycles. The number of hydrogen-bond donors (Lipinski definition) is 1. The summed E-state index contributed by atoms with van der Waals surface area (Å²) in [7, 11) is 0. The van der Waals surface area contributed by atoms with E-state index < -0.39 is 0 Å². The maximum atomic E-state index is 10.7. The summed E-state index contributed by atoms with van der Waals surface area (Å²) in [6.07, 6.45) is 0.419. The van der Waals surface area contributed by atoms with E-state index in [0.717, 1.165) is 21.7 Å². The summed E-state index contributed by atoms with van der Waals surface area (Å²) >= 11 is 1.50. The fourth-order valence-electron chi connectivity index (χ4n) is 2.35. The smallest absolute Gasteiger partial charge is 0.299 e. The van der Waals surface area contributed by atoms with Crippen LogP contribution in [-0.4, -0.2) is 17.4 Å². The van der Waals surface area contributed by atoms with E-state index in [1.165, 1.54) is 11.3 Å². The molecule has 25 heavy (non-hydrogen) atoms. The molecule has 0 spiro atoms. The largest absolute Gasteiger partial charge is 0.412 e. The van der Waals surface area contributed by atoms with Crippen LogP contribution in [0.3, 0.4) is 0 Å². The summed E-state index contributed by atoms with van der Waals surface area (Å²) in [5.41, 5.74) is 5.87. The van der Waals surface area contributed by atoms with E-state index in [1.54, 1.807) is 0 Å². The van der Waals surface area contributed by atoms with Gasteiger partial charge in [0.1, 0.15) is 0 Å². The molecule has 0 radical (unpaired) electrons. The number of benzene rings is 2. The van der Waals surface area contributed by atoms with E-state index in [2.05, 4.69) is 15.5 Å². The van der Waals surface area contributed by atoms with Crippen molar-refractivity contribution in [3.05, 3.63) is 71.1 Å². The lowest BCUT2D eigenvalue weighted by Crippen LogP contribution is -2.10. The summed E-state index contributed by atoms with van der Waals surface area (Å²) in [5.74, 6) is 0.287. The number of hydrazone groups is 1. The SMILES string of the molecule is Cc1sc(N/N=C(\Cc2ccccc2)OC=O)nc1-c1ccccc1. The molecule has 0 fully saturated rings. The van der Waals surface area contributed by atoms with E-state index in [-0.39, 0.29) is 5.90 Å². The standard InChI is InChI=1S/C19H17N3O2S/c1-14-18(16-10-6-3-7-11-16)20-19(25-14)22-21-17(24-13-23)12-15-8-4-2-5-9-15/h2-11,13H,12H2,1H3,(H,20,22)/b21-17+. The van der Waals surface area contributed by atoms with Crippen LogP contribution in [-0.2, 0) is 16.0 Å². The van der Waals surface area contributed by atoms with Gasteiger partial charge in [-0.1, -0.05) is 60.7 Å². The Kier molecular flexibility index (Phi) is 5.53. The van der Waals surface area contributed by atoms with Gasteiger partial charge in [0.15, 0.2) is 0 Å². The van der Waals surface area contributed by atoms with E-state index in [0.29, 0.717) is 18.0 Å². The van der Waals surface area contributed by atoms with Crippen molar-refractivity contribution < 1.29 is 9.53 Å². The first-order valence-corrected chi connectivity index (χ1v) is 8.57. The maximum Gasteiger partial charge on any atom is 0.299 e. The van der Waals surface area contributed by atoms with Crippen LogP contribution in [0, 0.1) is 6.92 Å². The second-order valence-corrected chi connectivity index (χ2v) is 6.49. The normalized spacial score (nSPS) is 11.2. The lowest BCUT2D eigenvalue weighted by Gasteiger charge is -2.04. The number of thiazole rings is 1. The molecule has 3 aromatic rings. The molecule has 0 saturated carbocycles. The Morgan fingerprint density at radius 3 is 2.52 bits per heavy atom. The van der Waals surface area contributed by atoms with E-state index in [4.69, 9.17) is 4.74 Å². The molecule has 0 amide bonds. The molecule has 5 nitrogen and oxygen atoms in total. The molecule has 126 valence electrons. The molecule has 3 rings (SSSR count). The van der Waals surface area contributed by atoms with Gasteiger partial charge in [-0.15, -0.1) is 16.4 Å². The van der Waals surface area contributed by atoms with Gasteiger partial charge in [0.25, 0.3) is 6.47 Å². The molecule has 6 heteroatoms. The molecule has 0 unspecified atom stereocenters. The Bertz CT molecular complexity index is 861. The molecule has 0 aliphatic rings. The van der Waals surface area contributed by atoms with Crippen molar-refractivity contribution in [3.8, 4) is 11.3 Å². The highest BCUT2D eigenvalue weighted by molar-refractivity contribution is 7.15. The van der Waals surface area contributed by atoms with Crippen molar-refractivity contribution in [2.24, 2.45) is 5.10 Å². The van der Waals surface area contributed by atoms with Crippen LogP contribution in [0.2, 0.25) is 0 Å². The highest BCUT2D eigenvalue weighted by Gasteiger charge is 2.10. The predicted octanol–water partition coefficient (Wildman–Crippen LogP) is 4.26. The summed E-state index contributed by atoms with van der Waals surface area (Å²) in [6.45, 7) is 2.40. The number of carbonyl (C=O) groups excluding carboxylic acids is 1. The minimum absolute atomic E-state index is 0.287. The number of nitrogens with zero attached hydrogens (tertiary/aromatic N) is 2. The van der Waals surface area contributed by atoms with Crippen LogP contribution < -0.4 is 5.43 Å². The molecule has 2 aromatic carbocycles. The topological polar surface area (TPSA) is 63.6 Å². The first-order chi connectivity index (χ1) is 12.3. The van der Waals surface area contributed by atoms with Gasteiger partial charge in [-0.05, 0) is 12.5 Å². The zero-order valence-electron chi connectivity index (χ0n) is 13.7. The number of aromatic nitrogens is 1. The number of hydrogen-bond acceptors (Lipinski definition) is 6. The highest BCUT2D eigenvalue weighted by atomic mass is 32.1. The Balaban J connectivity index is 1.76. The Labute approximate surface area is 150 Å². The molecule has 1 heterocycles. The third-order valence-corrected chi connectivity index (χ3v) is 4.38. The van der Waals surface area contributed by atoms with Crippen molar-refractivity contribution in [1.29, 1.82) is 0 Å². The first kappa shape index (κ1) is 16.9. The fraction of sp³-hybridized carbons (Fsp3) is 0.105. The van der Waals surface area contributed by atoms with Crippen molar-refractivity contribution in [2.75, 3.05) is 5.43 Å². The minimum atomic E-state index is 0.287. The van der Waals surface area contributed by atoms with Crippen LogP contribution >= 0.6 is 11.3 Å². The predicted molar refractivity (Wildman–Crippen MR) is 101 cm³/mol. The van der Waals surface area contributed by atoms with Gasteiger partial charge in [0.05, 0.1) is 12.1 Å². The molecule has 1 aromatic heterocycles. The van der Waals surface area contributed by atoms with Crippen LogP contribution in [0.4, 0.5) is 5.13 Å². The number of rotatable bonds is 6. The molecular formula is C19H17N3O2S. The van der Waals surface area contributed by atoms with Crippen molar-refractivity contribution in [2.45, 2.75) is 13.3 Å². The number of anilines is 1. The molecule has 0 aliphatic carbocycles. The van der Waals surface area contributed by atoms with Gasteiger partial charge in [-0.25, -0.2) is 10.4 Å². The number of ether oxygens (including phenoxy) is 1. The molecule has 0 atom stereocenters. The summed E-state index contributed by atoms with van der Waals surface area (Å²) < 4.78 is 4.97. The summed E-state index contributed by atoms with van der Waals surface area (Å²) in [5, 5.41) is 4.84. The van der Waals surface area contributed by atoms with Crippen LogP contribution in [0.1, 0.15) is 10.4 Å². The third kappa shape index (κ3) is 4.51. The zero-order valence-corrected chi connectivity index (χ0v) is 14.5. The monoisotopic (exact) mass is 351 g/mol. The number of nitrogens with one attached hydrogen (secondary N) is 1. The van der Waals surface area contributed by atoms with Crippen molar-refractivity contribution in [3.63, 3.8) is 0 Å². The lowest BCUT2D eigenvalue weighted by atomic mass is 10.1. The average Bonchev–Trinajstić information content (AvgIpc) is 3.02. The molecule has 0 saturated heterocycles. The van der Waals surface area contributed by atoms with Crippen LogP contribution in [0.25, 0.3) is 11.3 Å². The van der Waals surface area contributed by atoms with Gasteiger partial charge in [0, 0.05) is 10.4 Å². The Morgan fingerprint density at radius 2 is 1.84 bits per heavy atom. The summed E-state index contributed by atoms with van der Waals surface area (Å²) in [6, 6.07) is 19.7. The number of aryl methyl sites for hydroxylation is 1. The fourth-order valence-corrected chi connectivity index (χ4v) is 3.13. The lowest BCUT2D eigenvalue weighted by molar-refractivity contribution is -0.121. The van der Waals surface area contributed by atoms with E-state index >= 15 is 0 Å². The highest BCUT2D eigenvalue weighted by Crippen LogP contribution is 2.30. The third-order valence-electron chi connectivity index (χ3n) is 3.50. The van der Waals surface area contributed by atoms with Gasteiger partial charge >= 0.3 is 0 Å². The molecule has 1 N–H and O–H groups in total. The quantitative estimate of drug-likeness (QED) is 0.312. The Morgan fingerprint density at radius 1 is 1.16 bits per heavy atom. The molecule has 0 bridgehead atoms. The first-order valence-electron chi connectivity index (χ1n) is 7.76.